The molecule has 19 heavy (non-hydrogen) atoms. The summed E-state index contributed by atoms with van der Waals surface area (Å²) in [6, 6.07) is 7.19. The third-order valence-electron chi connectivity index (χ3n) is 2.45. The Kier molecular flexibility index (Phi) is 4.99. The molecule has 0 bridgehead atoms. The van der Waals surface area contributed by atoms with E-state index in [4.69, 9.17) is 21.1 Å². The van der Waals surface area contributed by atoms with E-state index in [0.717, 1.165) is 15.9 Å². The summed E-state index contributed by atoms with van der Waals surface area (Å²) in [5.74, 6) is 1.26. The molecule has 0 saturated heterocycles. The van der Waals surface area contributed by atoms with E-state index >= 15 is 0 Å². The highest BCUT2D eigenvalue weighted by atomic mass is 79.9. The van der Waals surface area contributed by atoms with Crippen LogP contribution in [0.5, 0.6) is 11.6 Å². The van der Waals surface area contributed by atoms with Crippen molar-refractivity contribution in [1.82, 2.24) is 9.97 Å². The van der Waals surface area contributed by atoms with Gasteiger partial charge in [0.1, 0.15) is 15.5 Å². The molecule has 2 heterocycles. The maximum Gasteiger partial charge on any atom is 0.214 e. The van der Waals surface area contributed by atoms with Crippen LogP contribution in [0.4, 0.5) is 0 Å². The Morgan fingerprint density at radius 2 is 2.21 bits per heavy atom. The fourth-order valence-electron chi connectivity index (χ4n) is 1.57. The number of hydrogen-bond acceptors (Lipinski definition) is 4. The van der Waals surface area contributed by atoms with Crippen molar-refractivity contribution in [3.63, 3.8) is 0 Å². The van der Waals surface area contributed by atoms with Gasteiger partial charge in [0.05, 0.1) is 19.9 Å². The number of halogens is 2. The first-order valence-electron chi connectivity index (χ1n) is 5.63. The van der Waals surface area contributed by atoms with E-state index in [1.807, 2.05) is 6.07 Å². The number of hydrogen-bond donors (Lipinski definition) is 0. The second-order valence-corrected chi connectivity index (χ2v) is 4.92. The summed E-state index contributed by atoms with van der Waals surface area (Å²) in [5.41, 5.74) is 1.02. The highest BCUT2D eigenvalue weighted by molar-refractivity contribution is 9.10. The Morgan fingerprint density at radius 1 is 1.37 bits per heavy atom. The largest absolute Gasteiger partial charge is 0.495 e. The minimum atomic E-state index is 0.418. The van der Waals surface area contributed by atoms with Crippen LogP contribution in [0.15, 0.2) is 35.1 Å². The van der Waals surface area contributed by atoms with Crippen LogP contribution in [0.25, 0.3) is 0 Å². The van der Waals surface area contributed by atoms with Gasteiger partial charge in [-0.1, -0.05) is 17.7 Å². The number of aromatic nitrogens is 2. The van der Waals surface area contributed by atoms with Gasteiger partial charge in [0, 0.05) is 18.1 Å². The molecule has 0 unspecified atom stereocenters. The molecule has 0 amide bonds. The van der Waals surface area contributed by atoms with Crippen LogP contribution in [0.1, 0.15) is 5.56 Å². The van der Waals surface area contributed by atoms with Crippen molar-refractivity contribution in [2.75, 3.05) is 13.7 Å². The van der Waals surface area contributed by atoms with Crippen LogP contribution in [-0.4, -0.2) is 23.7 Å². The summed E-state index contributed by atoms with van der Waals surface area (Å²) < 4.78 is 11.6. The van der Waals surface area contributed by atoms with Gasteiger partial charge in [-0.25, -0.2) is 9.97 Å². The van der Waals surface area contributed by atoms with Crippen molar-refractivity contribution in [3.05, 3.63) is 45.8 Å². The monoisotopic (exact) mass is 342 g/mol. The lowest BCUT2D eigenvalue weighted by molar-refractivity contribution is 0.306. The molecule has 2 rings (SSSR count). The van der Waals surface area contributed by atoms with Gasteiger partial charge in [0.25, 0.3) is 0 Å². The Morgan fingerprint density at radius 3 is 2.95 bits per heavy atom. The van der Waals surface area contributed by atoms with Gasteiger partial charge < -0.3 is 9.47 Å². The van der Waals surface area contributed by atoms with Gasteiger partial charge in [-0.05, 0) is 28.1 Å². The number of nitrogens with zero attached hydrogens (tertiary/aromatic N) is 2. The Hall–Kier alpha value is -1.33. The summed E-state index contributed by atoms with van der Waals surface area (Å²) in [4.78, 5) is 8.16. The van der Waals surface area contributed by atoms with E-state index in [-0.39, 0.29) is 0 Å². The maximum absolute atomic E-state index is 5.78. The summed E-state index contributed by atoms with van der Waals surface area (Å²) >= 11 is 9.12. The van der Waals surface area contributed by atoms with Crippen molar-refractivity contribution < 1.29 is 9.47 Å². The average molecular weight is 344 g/mol. The standard InChI is InChI=1S/C13H12BrClN2O2/c1-18-10-8-16-11(14)7-9(10)5-6-19-13-4-2-3-12(15)17-13/h2-4,7-8H,5-6H2,1H3. The zero-order chi connectivity index (χ0) is 13.7. The number of rotatable bonds is 5. The summed E-state index contributed by atoms with van der Waals surface area (Å²) in [5, 5.41) is 0.418. The lowest BCUT2D eigenvalue weighted by Gasteiger charge is -2.09. The minimum Gasteiger partial charge on any atom is -0.495 e. The SMILES string of the molecule is COc1cnc(Br)cc1CCOc1cccc(Cl)n1. The molecule has 0 saturated carbocycles. The van der Waals surface area contributed by atoms with Crippen molar-refractivity contribution in [3.8, 4) is 11.6 Å². The average Bonchev–Trinajstić information content (AvgIpc) is 2.39. The molecule has 0 aliphatic heterocycles. The first-order chi connectivity index (χ1) is 9.19. The maximum atomic E-state index is 5.78. The molecule has 0 spiro atoms. The Bertz CT molecular complexity index is 566. The second-order valence-electron chi connectivity index (χ2n) is 3.72. The zero-order valence-electron chi connectivity index (χ0n) is 10.3. The smallest absolute Gasteiger partial charge is 0.214 e. The molecule has 0 aliphatic carbocycles. The van der Waals surface area contributed by atoms with Crippen molar-refractivity contribution in [1.29, 1.82) is 0 Å². The van der Waals surface area contributed by atoms with Crippen molar-refractivity contribution in [2.45, 2.75) is 6.42 Å². The molecule has 2 aromatic heterocycles. The molecule has 0 atom stereocenters. The zero-order valence-corrected chi connectivity index (χ0v) is 12.6. The topological polar surface area (TPSA) is 44.2 Å². The Labute approximate surface area is 124 Å². The van der Waals surface area contributed by atoms with Crippen molar-refractivity contribution in [2.24, 2.45) is 0 Å². The van der Waals surface area contributed by atoms with Gasteiger partial charge >= 0.3 is 0 Å². The number of ether oxygens (including phenoxy) is 2. The van der Waals surface area contributed by atoms with Gasteiger partial charge in [-0.15, -0.1) is 0 Å². The number of methoxy groups -OCH3 is 1. The minimum absolute atomic E-state index is 0.418. The van der Waals surface area contributed by atoms with Gasteiger partial charge in [0.2, 0.25) is 5.88 Å². The van der Waals surface area contributed by atoms with E-state index in [1.165, 1.54) is 0 Å². The van der Waals surface area contributed by atoms with E-state index in [0.29, 0.717) is 24.1 Å². The lowest BCUT2D eigenvalue weighted by Crippen LogP contribution is -2.04. The highest BCUT2D eigenvalue weighted by Gasteiger charge is 2.05. The normalized spacial score (nSPS) is 10.3. The molecule has 0 aromatic carbocycles. The van der Waals surface area contributed by atoms with Crippen LogP contribution in [0.3, 0.4) is 0 Å². The van der Waals surface area contributed by atoms with E-state index < -0.39 is 0 Å². The molecule has 0 N–H and O–H groups in total. The van der Waals surface area contributed by atoms with Gasteiger partial charge in [-0.2, -0.15) is 0 Å². The first-order valence-corrected chi connectivity index (χ1v) is 6.80. The van der Waals surface area contributed by atoms with Crippen molar-refractivity contribution >= 4 is 27.5 Å². The molecule has 4 nitrogen and oxygen atoms in total. The van der Waals surface area contributed by atoms with Crippen LogP contribution in [0, 0.1) is 0 Å². The van der Waals surface area contributed by atoms with E-state index in [9.17, 15) is 0 Å². The summed E-state index contributed by atoms with van der Waals surface area (Å²) in [6.07, 6.45) is 2.37. The van der Waals surface area contributed by atoms with Crippen LogP contribution < -0.4 is 9.47 Å². The summed E-state index contributed by atoms with van der Waals surface area (Å²) in [6.45, 7) is 0.486. The van der Waals surface area contributed by atoms with Gasteiger partial charge in [0.15, 0.2) is 0 Å². The molecular formula is C13H12BrClN2O2. The van der Waals surface area contributed by atoms with E-state index in [2.05, 4.69) is 25.9 Å². The molecular weight excluding hydrogens is 332 g/mol. The number of pyridine rings is 2. The molecule has 2 aromatic rings. The first kappa shape index (κ1) is 14.1. The van der Waals surface area contributed by atoms with Gasteiger partial charge in [-0.3, -0.25) is 0 Å². The quantitative estimate of drug-likeness (QED) is 0.779. The van der Waals surface area contributed by atoms with E-state index in [1.54, 1.807) is 31.5 Å². The van der Waals surface area contributed by atoms with Crippen LogP contribution >= 0.6 is 27.5 Å². The van der Waals surface area contributed by atoms with Crippen LogP contribution in [-0.2, 0) is 6.42 Å². The third-order valence-corrected chi connectivity index (χ3v) is 3.09. The fourth-order valence-corrected chi connectivity index (χ4v) is 2.10. The predicted molar refractivity (Wildman–Crippen MR) is 76.9 cm³/mol. The molecule has 6 heteroatoms. The summed E-state index contributed by atoms with van der Waals surface area (Å²) in [7, 11) is 1.62. The molecule has 100 valence electrons. The molecule has 0 fully saturated rings. The third kappa shape index (κ3) is 4.08. The fraction of sp³-hybridized carbons (Fsp3) is 0.231. The second kappa shape index (κ2) is 6.73. The van der Waals surface area contributed by atoms with Crippen LogP contribution in [0.2, 0.25) is 5.15 Å². The molecule has 0 aliphatic rings. The highest BCUT2D eigenvalue weighted by Crippen LogP contribution is 2.21. The predicted octanol–water partition coefficient (Wildman–Crippen LogP) is 3.52. The Balaban J connectivity index is 1.97. The molecule has 0 radical (unpaired) electrons. The lowest BCUT2D eigenvalue weighted by atomic mass is 10.2.